The van der Waals surface area contributed by atoms with E-state index in [4.69, 9.17) is 4.74 Å². The molecule has 0 atom stereocenters. The first kappa shape index (κ1) is 24.0. The molecule has 5 rings (SSSR count). The Labute approximate surface area is 213 Å². The number of Topliss-reactive ketones (excluding diaryl/α,β-unsaturated/α-hetero) is 1. The van der Waals surface area contributed by atoms with Crippen LogP contribution in [0.1, 0.15) is 37.9 Å². The van der Waals surface area contributed by atoms with E-state index in [2.05, 4.69) is 4.98 Å². The Bertz CT molecular complexity index is 1720. The van der Waals surface area contributed by atoms with Gasteiger partial charge < -0.3 is 9.30 Å². The molecule has 37 heavy (non-hydrogen) atoms. The maximum absolute atomic E-state index is 13.5. The Morgan fingerprint density at radius 2 is 1.59 bits per heavy atom. The average molecular weight is 495 g/mol. The molecule has 0 N–H and O–H groups in total. The van der Waals surface area contributed by atoms with Crippen molar-refractivity contribution in [1.29, 1.82) is 0 Å². The number of hydrogen-bond acceptors (Lipinski definition) is 5. The number of carbonyl (C=O) groups excluding carboxylic acids is 2. The van der Waals surface area contributed by atoms with Gasteiger partial charge >= 0.3 is 5.97 Å². The van der Waals surface area contributed by atoms with Crippen LogP contribution in [0.25, 0.3) is 22.3 Å². The van der Waals surface area contributed by atoms with E-state index in [1.165, 1.54) is 0 Å². The first-order chi connectivity index (χ1) is 17.8. The molecular weight excluding hydrogens is 468 g/mol. The summed E-state index contributed by atoms with van der Waals surface area (Å²) in [6.07, 6.45) is 0. The fourth-order valence-corrected chi connectivity index (χ4v) is 4.66. The lowest BCUT2D eigenvalue weighted by molar-refractivity contribution is 0.0469. The van der Waals surface area contributed by atoms with Gasteiger partial charge in [0.05, 0.1) is 16.9 Å². The van der Waals surface area contributed by atoms with Crippen molar-refractivity contribution in [3.05, 3.63) is 111 Å². The van der Waals surface area contributed by atoms with Gasteiger partial charge in [0.25, 0.3) is 5.56 Å². The van der Waals surface area contributed by atoms with Gasteiger partial charge in [0.15, 0.2) is 6.61 Å². The highest BCUT2D eigenvalue weighted by atomic mass is 16.5. The zero-order chi connectivity index (χ0) is 26.3. The van der Waals surface area contributed by atoms with Gasteiger partial charge in [0.2, 0.25) is 5.78 Å². The Morgan fingerprint density at radius 1 is 0.892 bits per heavy atom. The van der Waals surface area contributed by atoms with Crippen LogP contribution in [0, 0.1) is 20.8 Å². The van der Waals surface area contributed by atoms with Crippen LogP contribution in [-0.4, -0.2) is 37.3 Å². The van der Waals surface area contributed by atoms with Crippen molar-refractivity contribution in [1.82, 2.24) is 18.9 Å². The third-order valence-corrected chi connectivity index (χ3v) is 6.62. The zero-order valence-corrected chi connectivity index (χ0v) is 21.1. The molecule has 8 heteroatoms. The molecule has 186 valence electrons. The van der Waals surface area contributed by atoms with E-state index in [-0.39, 0.29) is 17.0 Å². The van der Waals surface area contributed by atoms with Gasteiger partial charge in [-0.05, 0) is 51.1 Å². The molecule has 0 unspecified atom stereocenters. The average Bonchev–Trinajstić information content (AvgIpc) is 3.32. The Balaban J connectivity index is 1.42. The van der Waals surface area contributed by atoms with Gasteiger partial charge in [0, 0.05) is 29.4 Å². The molecule has 8 nitrogen and oxygen atoms in total. The van der Waals surface area contributed by atoms with Crippen LogP contribution in [0.5, 0.6) is 0 Å². The summed E-state index contributed by atoms with van der Waals surface area (Å²) in [5.41, 5.74) is 4.32. The van der Waals surface area contributed by atoms with E-state index in [9.17, 15) is 14.4 Å². The predicted octanol–water partition coefficient (Wildman–Crippen LogP) is 4.48. The molecule has 0 spiro atoms. The summed E-state index contributed by atoms with van der Waals surface area (Å²) in [6, 6.07) is 21.9. The minimum atomic E-state index is -0.669. The van der Waals surface area contributed by atoms with Crippen LogP contribution in [-0.2, 0) is 11.8 Å². The quantitative estimate of drug-likeness (QED) is 0.257. The van der Waals surface area contributed by atoms with Crippen molar-refractivity contribution in [2.45, 2.75) is 20.8 Å². The maximum atomic E-state index is 13.5. The van der Waals surface area contributed by atoms with Crippen LogP contribution in [0.3, 0.4) is 0 Å². The molecule has 0 aliphatic rings. The molecule has 3 aromatic heterocycles. The van der Waals surface area contributed by atoms with E-state index in [1.807, 2.05) is 75.5 Å². The second kappa shape index (κ2) is 9.39. The number of esters is 1. The molecule has 0 aliphatic heterocycles. The molecule has 0 amide bonds. The van der Waals surface area contributed by atoms with Gasteiger partial charge in [-0.1, -0.05) is 42.5 Å². The van der Waals surface area contributed by atoms with Gasteiger partial charge in [-0.2, -0.15) is 0 Å². The van der Waals surface area contributed by atoms with Gasteiger partial charge in [-0.25, -0.2) is 14.5 Å². The molecule has 0 saturated carbocycles. The third kappa shape index (κ3) is 4.16. The van der Waals surface area contributed by atoms with Crippen molar-refractivity contribution in [2.75, 3.05) is 6.61 Å². The van der Waals surface area contributed by atoms with Crippen LogP contribution in [0.15, 0.2) is 77.6 Å². The first-order valence-corrected chi connectivity index (χ1v) is 11.9. The number of hydrogen-bond donors (Lipinski definition) is 0. The minimum Gasteiger partial charge on any atom is -0.453 e. The van der Waals surface area contributed by atoms with E-state index >= 15 is 0 Å². The second-order valence-corrected chi connectivity index (χ2v) is 8.92. The molecule has 0 bridgehead atoms. The van der Waals surface area contributed by atoms with E-state index in [0.29, 0.717) is 22.5 Å². The molecule has 0 radical (unpaired) electrons. The van der Waals surface area contributed by atoms with Crippen molar-refractivity contribution >= 4 is 22.7 Å². The van der Waals surface area contributed by atoms with Crippen LogP contribution >= 0.6 is 0 Å². The molecule has 2 aromatic carbocycles. The fraction of sp³-hybridized carbons (Fsp3) is 0.172. The Kier molecular flexibility index (Phi) is 6.09. The number of pyridine rings is 1. The molecule has 0 fully saturated rings. The van der Waals surface area contributed by atoms with Crippen LogP contribution in [0.2, 0.25) is 0 Å². The summed E-state index contributed by atoms with van der Waals surface area (Å²) >= 11 is 0. The molecule has 0 saturated heterocycles. The minimum absolute atomic E-state index is 0.137. The number of benzene rings is 2. The zero-order valence-electron chi connectivity index (χ0n) is 21.1. The topological polar surface area (TPSA) is 88.1 Å². The number of rotatable bonds is 6. The van der Waals surface area contributed by atoms with Crippen LogP contribution < -0.4 is 5.56 Å². The lowest BCUT2D eigenvalue weighted by Crippen LogP contribution is -2.22. The Morgan fingerprint density at radius 3 is 2.35 bits per heavy atom. The largest absolute Gasteiger partial charge is 0.453 e. The van der Waals surface area contributed by atoms with E-state index in [1.54, 1.807) is 39.1 Å². The number of aryl methyl sites for hydroxylation is 1. The SMILES string of the molecule is Cc1cc(C(=O)COC(=O)c2ccc3ccccc3n2)c(C)n1-c1c(C)n(C)n(-c2ccccc2)c1=O. The standard InChI is InChI=1S/C29H26N4O4/c1-18-16-23(26(34)17-37-29(36)25-15-14-21-10-8-9-13-24(21)30-25)19(2)32(18)27-20(3)31(4)33(28(27)35)22-11-6-5-7-12-22/h5-16H,17H2,1-4H3. The van der Waals surface area contributed by atoms with Crippen molar-refractivity contribution in [2.24, 2.45) is 7.05 Å². The van der Waals surface area contributed by atoms with Gasteiger partial charge in [-0.15, -0.1) is 0 Å². The monoisotopic (exact) mass is 494 g/mol. The summed E-state index contributed by atoms with van der Waals surface area (Å²) in [7, 11) is 1.83. The third-order valence-electron chi connectivity index (χ3n) is 6.62. The van der Waals surface area contributed by atoms with Gasteiger partial charge in [-0.3, -0.25) is 14.3 Å². The van der Waals surface area contributed by atoms with Crippen LogP contribution in [0.4, 0.5) is 0 Å². The number of fused-ring (bicyclic) bond motifs is 1. The Hall–Kier alpha value is -4.72. The summed E-state index contributed by atoms with van der Waals surface area (Å²) in [5.74, 6) is -1.02. The summed E-state index contributed by atoms with van der Waals surface area (Å²) in [5, 5.41) is 0.907. The van der Waals surface area contributed by atoms with E-state index in [0.717, 1.165) is 22.5 Å². The summed E-state index contributed by atoms with van der Waals surface area (Å²) in [6.45, 7) is 5.06. The van der Waals surface area contributed by atoms with Crippen molar-refractivity contribution in [3.63, 3.8) is 0 Å². The van der Waals surface area contributed by atoms with Crippen molar-refractivity contribution in [3.8, 4) is 11.4 Å². The predicted molar refractivity (Wildman–Crippen MR) is 141 cm³/mol. The number of ether oxygens (including phenoxy) is 1. The first-order valence-electron chi connectivity index (χ1n) is 11.9. The lowest BCUT2D eigenvalue weighted by Gasteiger charge is -2.09. The molecule has 5 aromatic rings. The summed E-state index contributed by atoms with van der Waals surface area (Å²) in [4.78, 5) is 43.5. The number of nitrogens with zero attached hydrogens (tertiary/aromatic N) is 4. The normalized spacial score (nSPS) is 11.1. The maximum Gasteiger partial charge on any atom is 0.357 e. The highest BCUT2D eigenvalue weighted by Gasteiger charge is 2.24. The highest BCUT2D eigenvalue weighted by Crippen LogP contribution is 2.23. The number of para-hydroxylation sites is 2. The number of aromatic nitrogens is 4. The fourth-order valence-electron chi connectivity index (χ4n) is 4.66. The molecular formula is C29H26N4O4. The number of ketones is 1. The lowest BCUT2D eigenvalue weighted by atomic mass is 10.1. The second-order valence-electron chi connectivity index (χ2n) is 8.92. The van der Waals surface area contributed by atoms with E-state index < -0.39 is 12.6 Å². The van der Waals surface area contributed by atoms with Gasteiger partial charge in [0.1, 0.15) is 11.4 Å². The smallest absolute Gasteiger partial charge is 0.357 e. The molecule has 3 heterocycles. The van der Waals surface area contributed by atoms with Crippen molar-refractivity contribution < 1.29 is 14.3 Å². The highest BCUT2D eigenvalue weighted by molar-refractivity contribution is 6.00. The summed E-state index contributed by atoms with van der Waals surface area (Å²) < 4.78 is 10.5. The molecule has 0 aliphatic carbocycles. The number of carbonyl (C=O) groups is 2.